The van der Waals surface area contributed by atoms with E-state index in [4.69, 9.17) is 0 Å². The maximum atomic E-state index is 12.1. The molecule has 1 heterocycles. The molecule has 3 rings (SSSR count). The van der Waals surface area contributed by atoms with Gasteiger partial charge in [-0.25, -0.2) is 0 Å². The number of nitrogens with zero attached hydrogens (tertiary/aromatic N) is 2. The average molecular weight is 396 g/mol. The zero-order valence-electron chi connectivity index (χ0n) is 16.5. The predicted octanol–water partition coefficient (Wildman–Crippen LogP) is 3.47. The van der Waals surface area contributed by atoms with E-state index in [9.17, 15) is 19.7 Å². The number of amides is 2. The van der Waals surface area contributed by atoms with Gasteiger partial charge in [0.1, 0.15) is 5.69 Å². The molecule has 8 heteroatoms. The van der Waals surface area contributed by atoms with Crippen LogP contribution in [0.4, 0.5) is 17.1 Å². The Morgan fingerprint density at radius 2 is 1.93 bits per heavy atom. The zero-order chi connectivity index (χ0) is 21.0. The number of nitro groups is 1. The molecule has 1 saturated heterocycles. The minimum atomic E-state index is -0.503. The highest BCUT2D eigenvalue weighted by molar-refractivity contribution is 5.96. The molecular formula is C21H24N4O4. The van der Waals surface area contributed by atoms with Crippen LogP contribution in [-0.4, -0.2) is 29.3 Å². The molecule has 8 nitrogen and oxygen atoms in total. The number of carbonyl (C=O) groups excluding carboxylic acids is 2. The molecule has 0 saturated carbocycles. The van der Waals surface area contributed by atoms with Crippen LogP contribution in [0.1, 0.15) is 42.6 Å². The first kappa shape index (κ1) is 20.3. The Hall–Kier alpha value is -3.42. The Balaban J connectivity index is 1.70. The summed E-state index contributed by atoms with van der Waals surface area (Å²) in [5, 5.41) is 17.2. The van der Waals surface area contributed by atoms with E-state index in [1.165, 1.54) is 6.07 Å². The van der Waals surface area contributed by atoms with Crippen molar-refractivity contribution in [2.45, 2.75) is 39.3 Å². The Morgan fingerprint density at radius 3 is 2.52 bits per heavy atom. The summed E-state index contributed by atoms with van der Waals surface area (Å²) in [7, 11) is 0. The first-order valence-electron chi connectivity index (χ1n) is 9.57. The van der Waals surface area contributed by atoms with Gasteiger partial charge in [0, 0.05) is 42.9 Å². The number of nitro benzene ring substituents is 1. The monoisotopic (exact) mass is 396 g/mol. The minimum Gasteiger partial charge on any atom is -0.375 e. The standard InChI is InChI=1S/C21H24N4O4/c1-14(2)23-21(27)16-7-10-18(19(12-16)25(28)29)22-13-15-5-8-17(9-6-15)24-11-3-4-20(24)26/h5-10,12,14,22H,3-4,11,13H2,1-2H3,(H,23,27). The highest BCUT2D eigenvalue weighted by Crippen LogP contribution is 2.27. The van der Waals surface area contributed by atoms with E-state index in [0.717, 1.165) is 24.2 Å². The first-order chi connectivity index (χ1) is 13.8. The van der Waals surface area contributed by atoms with Crippen LogP contribution in [0.5, 0.6) is 0 Å². The molecule has 1 aliphatic heterocycles. The van der Waals surface area contributed by atoms with Crippen LogP contribution in [0.3, 0.4) is 0 Å². The first-order valence-corrected chi connectivity index (χ1v) is 9.57. The maximum Gasteiger partial charge on any atom is 0.293 e. The van der Waals surface area contributed by atoms with Crippen LogP contribution in [0.15, 0.2) is 42.5 Å². The fourth-order valence-corrected chi connectivity index (χ4v) is 3.23. The van der Waals surface area contributed by atoms with E-state index in [-0.39, 0.29) is 29.1 Å². The van der Waals surface area contributed by atoms with E-state index >= 15 is 0 Å². The Kier molecular flexibility index (Phi) is 6.11. The normalized spacial score (nSPS) is 13.6. The van der Waals surface area contributed by atoms with E-state index < -0.39 is 4.92 Å². The van der Waals surface area contributed by atoms with Crippen LogP contribution in [0.25, 0.3) is 0 Å². The van der Waals surface area contributed by atoms with Crippen molar-refractivity contribution >= 4 is 28.9 Å². The smallest absolute Gasteiger partial charge is 0.293 e. The van der Waals surface area contributed by atoms with E-state index in [2.05, 4.69) is 10.6 Å². The molecule has 1 aliphatic rings. The van der Waals surface area contributed by atoms with Crippen molar-refractivity contribution in [3.8, 4) is 0 Å². The highest BCUT2D eigenvalue weighted by atomic mass is 16.6. The quantitative estimate of drug-likeness (QED) is 0.551. The lowest BCUT2D eigenvalue weighted by Gasteiger charge is -2.16. The number of hydrogen-bond donors (Lipinski definition) is 2. The Labute approximate surface area is 169 Å². The molecule has 0 aromatic heterocycles. The van der Waals surface area contributed by atoms with Gasteiger partial charge in [-0.2, -0.15) is 0 Å². The molecule has 2 amide bonds. The predicted molar refractivity (Wildman–Crippen MR) is 111 cm³/mol. The molecule has 0 spiro atoms. The largest absolute Gasteiger partial charge is 0.375 e. The molecule has 152 valence electrons. The number of nitrogens with one attached hydrogen (secondary N) is 2. The molecule has 2 aromatic rings. The van der Waals surface area contributed by atoms with Crippen molar-refractivity contribution in [1.82, 2.24) is 5.32 Å². The molecule has 0 radical (unpaired) electrons. The minimum absolute atomic E-state index is 0.0572. The molecule has 0 aliphatic carbocycles. The van der Waals surface area contributed by atoms with Crippen molar-refractivity contribution in [2.75, 3.05) is 16.8 Å². The van der Waals surface area contributed by atoms with Crippen molar-refractivity contribution in [3.05, 3.63) is 63.7 Å². The third kappa shape index (κ3) is 4.90. The van der Waals surface area contributed by atoms with Gasteiger partial charge in [-0.15, -0.1) is 0 Å². The summed E-state index contributed by atoms with van der Waals surface area (Å²) in [6.07, 6.45) is 1.45. The van der Waals surface area contributed by atoms with Crippen molar-refractivity contribution in [3.63, 3.8) is 0 Å². The third-order valence-electron chi connectivity index (χ3n) is 4.68. The van der Waals surface area contributed by atoms with Gasteiger partial charge in [0.15, 0.2) is 0 Å². The second-order valence-electron chi connectivity index (χ2n) is 7.29. The van der Waals surface area contributed by atoms with Crippen LogP contribution in [0.2, 0.25) is 0 Å². The lowest BCUT2D eigenvalue weighted by atomic mass is 10.1. The Morgan fingerprint density at radius 1 is 1.21 bits per heavy atom. The Bertz CT molecular complexity index is 925. The summed E-state index contributed by atoms with van der Waals surface area (Å²) in [6, 6.07) is 11.9. The lowest BCUT2D eigenvalue weighted by molar-refractivity contribution is -0.384. The molecule has 0 atom stereocenters. The maximum absolute atomic E-state index is 12.1. The number of hydrogen-bond acceptors (Lipinski definition) is 5. The van der Waals surface area contributed by atoms with E-state index in [0.29, 0.717) is 18.7 Å². The van der Waals surface area contributed by atoms with Gasteiger partial charge in [0.25, 0.3) is 11.6 Å². The lowest BCUT2D eigenvalue weighted by Crippen LogP contribution is -2.30. The van der Waals surface area contributed by atoms with Crippen molar-refractivity contribution < 1.29 is 14.5 Å². The molecule has 2 N–H and O–H groups in total. The number of carbonyl (C=O) groups is 2. The van der Waals surface area contributed by atoms with Crippen LogP contribution >= 0.6 is 0 Å². The number of anilines is 2. The summed E-state index contributed by atoms with van der Waals surface area (Å²) in [4.78, 5) is 36.6. The van der Waals surface area contributed by atoms with Gasteiger partial charge < -0.3 is 15.5 Å². The summed E-state index contributed by atoms with van der Waals surface area (Å²) >= 11 is 0. The zero-order valence-corrected chi connectivity index (χ0v) is 16.5. The molecule has 0 unspecified atom stereocenters. The van der Waals surface area contributed by atoms with Crippen molar-refractivity contribution in [1.29, 1.82) is 0 Å². The van der Waals surface area contributed by atoms with Gasteiger partial charge in [-0.05, 0) is 50.1 Å². The average Bonchev–Trinajstić information content (AvgIpc) is 3.12. The van der Waals surface area contributed by atoms with E-state index in [1.54, 1.807) is 17.0 Å². The molecule has 2 aromatic carbocycles. The molecular weight excluding hydrogens is 372 g/mol. The van der Waals surface area contributed by atoms with Crippen LogP contribution < -0.4 is 15.5 Å². The van der Waals surface area contributed by atoms with Crippen LogP contribution in [-0.2, 0) is 11.3 Å². The molecule has 1 fully saturated rings. The van der Waals surface area contributed by atoms with Crippen LogP contribution in [0, 0.1) is 10.1 Å². The number of benzene rings is 2. The fourth-order valence-electron chi connectivity index (χ4n) is 3.23. The highest BCUT2D eigenvalue weighted by Gasteiger charge is 2.21. The van der Waals surface area contributed by atoms with Gasteiger partial charge in [-0.3, -0.25) is 19.7 Å². The summed E-state index contributed by atoms with van der Waals surface area (Å²) < 4.78 is 0. The third-order valence-corrected chi connectivity index (χ3v) is 4.68. The van der Waals surface area contributed by atoms with Gasteiger partial charge in [0.05, 0.1) is 4.92 Å². The number of rotatable bonds is 7. The second kappa shape index (κ2) is 8.72. The van der Waals surface area contributed by atoms with E-state index in [1.807, 2.05) is 38.1 Å². The summed E-state index contributed by atoms with van der Waals surface area (Å²) in [6.45, 7) is 4.77. The summed E-state index contributed by atoms with van der Waals surface area (Å²) in [5.74, 6) is -0.213. The van der Waals surface area contributed by atoms with Gasteiger partial charge in [0.2, 0.25) is 5.91 Å². The van der Waals surface area contributed by atoms with Gasteiger partial charge >= 0.3 is 0 Å². The summed E-state index contributed by atoms with van der Waals surface area (Å²) in [5.41, 5.74) is 2.23. The topological polar surface area (TPSA) is 105 Å². The van der Waals surface area contributed by atoms with Crippen molar-refractivity contribution in [2.24, 2.45) is 0 Å². The molecule has 29 heavy (non-hydrogen) atoms. The second-order valence-corrected chi connectivity index (χ2v) is 7.29. The fraction of sp³-hybridized carbons (Fsp3) is 0.333. The van der Waals surface area contributed by atoms with Gasteiger partial charge in [-0.1, -0.05) is 12.1 Å². The SMILES string of the molecule is CC(C)NC(=O)c1ccc(NCc2ccc(N3CCCC3=O)cc2)c([N+](=O)[O-])c1. The molecule has 0 bridgehead atoms.